The Labute approximate surface area is 193 Å². The molecule has 0 aliphatic carbocycles. The first-order valence-corrected chi connectivity index (χ1v) is 10.7. The quantitative estimate of drug-likeness (QED) is 0.629. The molecule has 0 saturated carbocycles. The van der Waals surface area contributed by atoms with E-state index in [-0.39, 0.29) is 13.0 Å². The number of ether oxygens (including phenoxy) is 1. The molecular formula is C25H29N3O5. The van der Waals surface area contributed by atoms with Gasteiger partial charge in [0.2, 0.25) is 11.8 Å². The van der Waals surface area contributed by atoms with Crippen molar-refractivity contribution < 1.29 is 23.9 Å². The van der Waals surface area contributed by atoms with Gasteiger partial charge in [-0.25, -0.2) is 0 Å². The molecule has 1 aliphatic rings. The second-order valence-corrected chi connectivity index (χ2v) is 8.84. The van der Waals surface area contributed by atoms with Crippen LogP contribution in [-0.4, -0.2) is 60.2 Å². The van der Waals surface area contributed by atoms with Crippen LogP contribution in [0.5, 0.6) is 0 Å². The lowest BCUT2D eigenvalue weighted by molar-refractivity contribution is -0.141. The van der Waals surface area contributed by atoms with Crippen molar-refractivity contribution in [2.45, 2.75) is 43.9 Å². The fourth-order valence-electron chi connectivity index (χ4n) is 4.11. The molecule has 0 bridgehead atoms. The minimum Gasteiger partial charge on any atom is -0.367 e. The normalized spacial score (nSPS) is 19.1. The van der Waals surface area contributed by atoms with E-state index in [9.17, 15) is 19.2 Å². The van der Waals surface area contributed by atoms with E-state index in [4.69, 9.17) is 10.5 Å². The van der Waals surface area contributed by atoms with E-state index in [0.717, 1.165) is 5.56 Å². The number of rotatable bonds is 8. The van der Waals surface area contributed by atoms with Gasteiger partial charge in [0, 0.05) is 12.6 Å². The average Bonchev–Trinajstić information content (AvgIpc) is 3.20. The molecule has 1 aliphatic heterocycles. The standard InChI is InChI=1S/C25H29N3O5/c1-25(2,17-12-8-5-9-13-17)14-18(27-23(31)16-10-6-4-7-11-16)24(32)28(3)20-19(29)15-33-21(20)22(26)30/h4-13,18,20-21H,14-15H2,1-3H3,(H2,26,30)(H,27,31)/t18-,20?,21?/m0/s1. The lowest BCUT2D eigenvalue weighted by Crippen LogP contribution is -2.57. The van der Waals surface area contributed by atoms with Gasteiger partial charge in [0.1, 0.15) is 18.7 Å². The van der Waals surface area contributed by atoms with Crippen LogP contribution in [0.2, 0.25) is 0 Å². The molecule has 8 heteroatoms. The molecule has 8 nitrogen and oxygen atoms in total. The third-order valence-electron chi connectivity index (χ3n) is 5.98. The van der Waals surface area contributed by atoms with E-state index < -0.39 is 47.1 Å². The topological polar surface area (TPSA) is 119 Å². The number of nitrogens with zero attached hydrogens (tertiary/aromatic N) is 1. The van der Waals surface area contributed by atoms with Crippen molar-refractivity contribution in [3.63, 3.8) is 0 Å². The van der Waals surface area contributed by atoms with Crippen LogP contribution in [0.3, 0.4) is 0 Å². The molecule has 0 radical (unpaired) electrons. The molecular weight excluding hydrogens is 422 g/mol. The fourth-order valence-corrected chi connectivity index (χ4v) is 4.11. The number of Topliss-reactive ketones (excluding diaryl/α,β-unsaturated/α-hetero) is 1. The SMILES string of the molecule is CN(C(=O)[C@H](CC(C)(C)c1ccccc1)NC(=O)c1ccccc1)C1C(=O)COC1C(N)=O. The second kappa shape index (κ2) is 9.95. The summed E-state index contributed by atoms with van der Waals surface area (Å²) < 4.78 is 5.21. The van der Waals surface area contributed by atoms with Crippen molar-refractivity contribution in [1.82, 2.24) is 10.2 Å². The zero-order valence-electron chi connectivity index (χ0n) is 19.0. The van der Waals surface area contributed by atoms with Crippen LogP contribution in [0.1, 0.15) is 36.2 Å². The molecule has 3 rings (SSSR count). The summed E-state index contributed by atoms with van der Waals surface area (Å²) in [7, 11) is 1.42. The van der Waals surface area contributed by atoms with Gasteiger partial charge in [0.25, 0.3) is 5.91 Å². The van der Waals surface area contributed by atoms with Crippen LogP contribution in [0.25, 0.3) is 0 Å². The van der Waals surface area contributed by atoms with E-state index in [1.165, 1.54) is 11.9 Å². The van der Waals surface area contributed by atoms with Gasteiger partial charge in [-0.1, -0.05) is 62.4 Å². The van der Waals surface area contributed by atoms with E-state index >= 15 is 0 Å². The molecule has 3 amide bonds. The first-order chi connectivity index (χ1) is 15.6. The lowest BCUT2D eigenvalue weighted by atomic mass is 9.78. The number of carbonyl (C=O) groups excluding carboxylic acids is 4. The van der Waals surface area contributed by atoms with Crippen LogP contribution in [0, 0.1) is 0 Å². The molecule has 2 aromatic rings. The van der Waals surface area contributed by atoms with Crippen molar-refractivity contribution in [2.75, 3.05) is 13.7 Å². The summed E-state index contributed by atoms with van der Waals surface area (Å²) in [5.74, 6) is -2.14. The first kappa shape index (κ1) is 24.1. The van der Waals surface area contributed by atoms with Crippen molar-refractivity contribution in [3.05, 3.63) is 71.8 Å². The number of carbonyl (C=O) groups is 4. The zero-order valence-corrected chi connectivity index (χ0v) is 19.0. The summed E-state index contributed by atoms with van der Waals surface area (Å²) in [6, 6.07) is 16.1. The maximum atomic E-state index is 13.6. The molecule has 174 valence electrons. The monoisotopic (exact) mass is 451 g/mol. The van der Waals surface area contributed by atoms with Gasteiger partial charge in [0.15, 0.2) is 11.9 Å². The summed E-state index contributed by atoms with van der Waals surface area (Å²) in [5, 5.41) is 2.82. The molecule has 3 N–H and O–H groups in total. The maximum absolute atomic E-state index is 13.6. The second-order valence-electron chi connectivity index (χ2n) is 8.84. The summed E-state index contributed by atoms with van der Waals surface area (Å²) in [6.07, 6.45) is -0.957. The number of likely N-dealkylation sites (N-methyl/N-ethyl adjacent to an activating group) is 1. The number of nitrogens with two attached hydrogens (primary N) is 1. The van der Waals surface area contributed by atoms with Crippen LogP contribution < -0.4 is 11.1 Å². The van der Waals surface area contributed by atoms with Gasteiger partial charge >= 0.3 is 0 Å². The Morgan fingerprint density at radius 3 is 2.24 bits per heavy atom. The summed E-state index contributed by atoms with van der Waals surface area (Å²) in [5.41, 5.74) is 6.30. The fraction of sp³-hybridized carbons (Fsp3) is 0.360. The zero-order chi connectivity index (χ0) is 24.2. The van der Waals surface area contributed by atoms with Crippen LogP contribution in [0.15, 0.2) is 60.7 Å². The highest BCUT2D eigenvalue weighted by molar-refractivity contribution is 6.01. The van der Waals surface area contributed by atoms with Gasteiger partial charge in [-0.2, -0.15) is 0 Å². The lowest BCUT2D eigenvalue weighted by Gasteiger charge is -2.34. The van der Waals surface area contributed by atoms with Gasteiger partial charge < -0.3 is 20.7 Å². The van der Waals surface area contributed by atoms with Gasteiger partial charge in [-0.3, -0.25) is 19.2 Å². The van der Waals surface area contributed by atoms with Crippen molar-refractivity contribution in [3.8, 4) is 0 Å². The Hall–Kier alpha value is -3.52. The number of nitrogens with one attached hydrogen (secondary N) is 1. The molecule has 2 aromatic carbocycles. The smallest absolute Gasteiger partial charge is 0.251 e. The molecule has 1 heterocycles. The summed E-state index contributed by atoms with van der Waals surface area (Å²) in [6.45, 7) is 3.66. The average molecular weight is 452 g/mol. The third kappa shape index (κ3) is 5.46. The Morgan fingerprint density at radius 1 is 1.09 bits per heavy atom. The molecule has 1 saturated heterocycles. The van der Waals surface area contributed by atoms with E-state index in [1.54, 1.807) is 30.3 Å². The van der Waals surface area contributed by atoms with Gasteiger partial charge in [-0.05, 0) is 29.5 Å². The number of primary amides is 1. The highest BCUT2D eigenvalue weighted by Crippen LogP contribution is 2.29. The van der Waals surface area contributed by atoms with Crippen molar-refractivity contribution in [1.29, 1.82) is 0 Å². The van der Waals surface area contributed by atoms with Crippen molar-refractivity contribution >= 4 is 23.5 Å². The first-order valence-electron chi connectivity index (χ1n) is 10.7. The molecule has 1 fully saturated rings. The Kier molecular flexibility index (Phi) is 7.28. The number of benzene rings is 2. The third-order valence-corrected chi connectivity index (χ3v) is 5.98. The van der Waals surface area contributed by atoms with Crippen LogP contribution in [0.4, 0.5) is 0 Å². The molecule has 3 atom stereocenters. The predicted molar refractivity (Wildman–Crippen MR) is 122 cm³/mol. The van der Waals surface area contributed by atoms with E-state index in [0.29, 0.717) is 5.56 Å². The minimum atomic E-state index is -1.22. The highest BCUT2D eigenvalue weighted by atomic mass is 16.5. The van der Waals surface area contributed by atoms with Crippen molar-refractivity contribution in [2.24, 2.45) is 5.73 Å². The number of ketones is 1. The maximum Gasteiger partial charge on any atom is 0.251 e. The van der Waals surface area contributed by atoms with Gasteiger partial charge in [0.05, 0.1) is 0 Å². The van der Waals surface area contributed by atoms with Gasteiger partial charge in [-0.15, -0.1) is 0 Å². The van der Waals surface area contributed by atoms with Crippen LogP contribution >= 0.6 is 0 Å². The largest absolute Gasteiger partial charge is 0.367 e. The van der Waals surface area contributed by atoms with E-state index in [1.807, 2.05) is 44.2 Å². The predicted octanol–water partition coefficient (Wildman–Crippen LogP) is 1.43. The molecule has 0 aromatic heterocycles. The van der Waals surface area contributed by atoms with Crippen LogP contribution in [-0.2, 0) is 24.5 Å². The molecule has 2 unspecified atom stereocenters. The molecule has 33 heavy (non-hydrogen) atoms. The minimum absolute atomic E-state index is 0.266. The Balaban J connectivity index is 1.90. The summed E-state index contributed by atoms with van der Waals surface area (Å²) in [4.78, 5) is 51.8. The number of amides is 3. The molecule has 0 spiro atoms. The highest BCUT2D eigenvalue weighted by Gasteiger charge is 2.45. The summed E-state index contributed by atoms with van der Waals surface area (Å²) >= 11 is 0. The Morgan fingerprint density at radius 2 is 1.67 bits per heavy atom. The Bertz CT molecular complexity index is 1020. The number of hydrogen-bond acceptors (Lipinski definition) is 5. The number of hydrogen-bond donors (Lipinski definition) is 2. The van der Waals surface area contributed by atoms with E-state index in [2.05, 4.69) is 5.32 Å².